The molecule has 118 valence electrons. The number of amides is 1. The van der Waals surface area contributed by atoms with Crippen molar-refractivity contribution in [2.24, 2.45) is 11.8 Å². The summed E-state index contributed by atoms with van der Waals surface area (Å²) in [5.41, 5.74) is 0.633. The van der Waals surface area contributed by atoms with E-state index in [2.05, 4.69) is 27.7 Å². The zero-order valence-corrected chi connectivity index (χ0v) is 14.0. The van der Waals surface area contributed by atoms with E-state index in [-0.39, 0.29) is 5.91 Å². The summed E-state index contributed by atoms with van der Waals surface area (Å²) in [6.45, 7) is 9.99. The van der Waals surface area contributed by atoms with Gasteiger partial charge in [0.05, 0.1) is 14.2 Å². The summed E-state index contributed by atoms with van der Waals surface area (Å²) < 4.78 is 10.5. The lowest BCUT2D eigenvalue weighted by atomic mass is 10.1. The lowest BCUT2D eigenvalue weighted by Gasteiger charge is -2.26. The van der Waals surface area contributed by atoms with E-state index in [0.29, 0.717) is 28.9 Å². The molecule has 21 heavy (non-hydrogen) atoms. The number of carbonyl (C=O) groups is 1. The van der Waals surface area contributed by atoms with Gasteiger partial charge in [0.2, 0.25) is 0 Å². The molecule has 0 saturated heterocycles. The highest BCUT2D eigenvalue weighted by atomic mass is 16.5. The van der Waals surface area contributed by atoms with E-state index >= 15 is 0 Å². The van der Waals surface area contributed by atoms with E-state index in [1.54, 1.807) is 32.4 Å². The monoisotopic (exact) mass is 293 g/mol. The van der Waals surface area contributed by atoms with Gasteiger partial charge >= 0.3 is 0 Å². The molecule has 1 aromatic rings. The van der Waals surface area contributed by atoms with E-state index in [4.69, 9.17) is 9.47 Å². The predicted octanol–water partition coefficient (Wildman–Crippen LogP) is 3.46. The van der Waals surface area contributed by atoms with E-state index in [1.807, 2.05) is 4.90 Å². The molecule has 1 rings (SSSR count). The fourth-order valence-corrected chi connectivity index (χ4v) is 2.27. The van der Waals surface area contributed by atoms with Crippen LogP contribution in [0, 0.1) is 11.8 Å². The predicted molar refractivity (Wildman–Crippen MR) is 85.1 cm³/mol. The van der Waals surface area contributed by atoms with Crippen LogP contribution >= 0.6 is 0 Å². The Kier molecular flexibility index (Phi) is 6.53. The number of nitrogens with zero attached hydrogens (tertiary/aromatic N) is 1. The minimum atomic E-state index is 0.0401. The highest BCUT2D eigenvalue weighted by Gasteiger charge is 2.19. The molecule has 0 bridgehead atoms. The molecule has 0 aliphatic carbocycles. The van der Waals surface area contributed by atoms with Crippen molar-refractivity contribution in [1.82, 2.24) is 4.90 Å². The summed E-state index contributed by atoms with van der Waals surface area (Å²) in [6.07, 6.45) is 0. The van der Waals surface area contributed by atoms with Gasteiger partial charge in [-0.3, -0.25) is 4.79 Å². The van der Waals surface area contributed by atoms with Crippen molar-refractivity contribution in [3.05, 3.63) is 23.8 Å². The number of methoxy groups -OCH3 is 2. The second kappa shape index (κ2) is 7.91. The molecule has 0 heterocycles. The van der Waals surface area contributed by atoms with Crippen LogP contribution in [0.25, 0.3) is 0 Å². The molecule has 4 heteroatoms. The summed E-state index contributed by atoms with van der Waals surface area (Å²) in [7, 11) is 3.16. The number of rotatable bonds is 7. The van der Waals surface area contributed by atoms with E-state index in [0.717, 1.165) is 13.1 Å². The quantitative estimate of drug-likeness (QED) is 0.773. The molecule has 0 aliphatic heterocycles. The van der Waals surface area contributed by atoms with Crippen molar-refractivity contribution in [3.8, 4) is 11.5 Å². The van der Waals surface area contributed by atoms with Gasteiger partial charge in [-0.15, -0.1) is 0 Å². The summed E-state index contributed by atoms with van der Waals surface area (Å²) in [6, 6.07) is 5.31. The summed E-state index contributed by atoms with van der Waals surface area (Å²) in [5.74, 6) is 2.13. The van der Waals surface area contributed by atoms with Crippen LogP contribution in [0.1, 0.15) is 38.1 Å². The van der Waals surface area contributed by atoms with E-state index in [1.165, 1.54) is 0 Å². The maximum Gasteiger partial charge on any atom is 0.254 e. The topological polar surface area (TPSA) is 38.8 Å². The Hall–Kier alpha value is -1.71. The minimum absolute atomic E-state index is 0.0401. The molecule has 0 fully saturated rings. The Morgan fingerprint density at radius 3 is 1.95 bits per heavy atom. The Bertz CT molecular complexity index is 459. The van der Waals surface area contributed by atoms with Crippen molar-refractivity contribution in [1.29, 1.82) is 0 Å². The van der Waals surface area contributed by atoms with Crippen molar-refractivity contribution >= 4 is 5.91 Å². The Morgan fingerprint density at radius 2 is 1.52 bits per heavy atom. The Balaban J connectivity index is 3.02. The van der Waals surface area contributed by atoms with Crippen LogP contribution in [0.4, 0.5) is 0 Å². The van der Waals surface area contributed by atoms with Crippen molar-refractivity contribution < 1.29 is 14.3 Å². The van der Waals surface area contributed by atoms with Crippen LogP contribution in [-0.2, 0) is 0 Å². The van der Waals surface area contributed by atoms with Crippen LogP contribution in [0.3, 0.4) is 0 Å². The van der Waals surface area contributed by atoms with Gasteiger partial charge in [0.15, 0.2) is 11.5 Å². The van der Waals surface area contributed by atoms with Gasteiger partial charge in [0, 0.05) is 18.7 Å². The first kappa shape index (κ1) is 17.3. The molecule has 0 aliphatic rings. The number of hydrogen-bond donors (Lipinski definition) is 0. The molecule has 0 radical (unpaired) electrons. The molecule has 4 nitrogen and oxygen atoms in total. The van der Waals surface area contributed by atoms with Crippen molar-refractivity contribution in [2.75, 3.05) is 27.3 Å². The number of ether oxygens (including phenoxy) is 2. The molecule has 0 saturated carbocycles. The van der Waals surface area contributed by atoms with Crippen LogP contribution in [-0.4, -0.2) is 38.1 Å². The first-order valence-electron chi connectivity index (χ1n) is 7.40. The highest BCUT2D eigenvalue weighted by molar-refractivity contribution is 5.95. The molecule has 1 amide bonds. The zero-order valence-electron chi connectivity index (χ0n) is 14.0. The molecule has 0 atom stereocenters. The van der Waals surface area contributed by atoms with Gasteiger partial charge in [-0.25, -0.2) is 0 Å². The fraction of sp³-hybridized carbons (Fsp3) is 0.588. The smallest absolute Gasteiger partial charge is 0.254 e. The van der Waals surface area contributed by atoms with Crippen LogP contribution in [0.15, 0.2) is 18.2 Å². The highest BCUT2D eigenvalue weighted by Crippen LogP contribution is 2.28. The zero-order chi connectivity index (χ0) is 16.0. The second-order valence-corrected chi connectivity index (χ2v) is 6.07. The average Bonchev–Trinajstić information content (AvgIpc) is 2.44. The normalized spacial score (nSPS) is 10.9. The van der Waals surface area contributed by atoms with Crippen molar-refractivity contribution in [2.45, 2.75) is 27.7 Å². The molecular weight excluding hydrogens is 266 g/mol. The molecule has 1 aromatic carbocycles. The second-order valence-electron chi connectivity index (χ2n) is 6.07. The van der Waals surface area contributed by atoms with Gasteiger partial charge in [0.25, 0.3) is 5.91 Å². The first-order chi connectivity index (χ1) is 9.88. The molecule has 0 spiro atoms. The molecular formula is C17H27NO3. The fourth-order valence-electron chi connectivity index (χ4n) is 2.27. The van der Waals surface area contributed by atoms with Crippen LogP contribution in [0.5, 0.6) is 11.5 Å². The summed E-state index contributed by atoms with van der Waals surface area (Å²) >= 11 is 0. The van der Waals surface area contributed by atoms with E-state index < -0.39 is 0 Å². The minimum Gasteiger partial charge on any atom is -0.493 e. The number of hydrogen-bond acceptors (Lipinski definition) is 3. The Labute approximate surface area is 128 Å². The van der Waals surface area contributed by atoms with Gasteiger partial charge in [-0.1, -0.05) is 27.7 Å². The molecule has 0 unspecified atom stereocenters. The van der Waals surface area contributed by atoms with E-state index in [9.17, 15) is 4.79 Å². The van der Waals surface area contributed by atoms with Crippen LogP contribution < -0.4 is 9.47 Å². The largest absolute Gasteiger partial charge is 0.493 e. The maximum atomic E-state index is 12.7. The lowest BCUT2D eigenvalue weighted by Crippen LogP contribution is -2.37. The lowest BCUT2D eigenvalue weighted by molar-refractivity contribution is 0.0714. The first-order valence-corrected chi connectivity index (χ1v) is 7.40. The van der Waals surface area contributed by atoms with Crippen molar-refractivity contribution in [3.63, 3.8) is 0 Å². The molecule has 0 N–H and O–H groups in total. The standard InChI is InChI=1S/C17H27NO3/c1-12(2)10-18(11-13(3)4)17(19)14-7-8-15(20-5)16(9-14)21-6/h7-9,12-13H,10-11H2,1-6H3. The van der Waals surface area contributed by atoms with Crippen LogP contribution in [0.2, 0.25) is 0 Å². The third-order valence-corrected chi connectivity index (χ3v) is 3.09. The van der Waals surface area contributed by atoms with Gasteiger partial charge < -0.3 is 14.4 Å². The third-order valence-electron chi connectivity index (χ3n) is 3.09. The number of benzene rings is 1. The number of carbonyl (C=O) groups excluding carboxylic acids is 1. The SMILES string of the molecule is COc1ccc(C(=O)N(CC(C)C)CC(C)C)cc1OC. The Morgan fingerprint density at radius 1 is 1.00 bits per heavy atom. The maximum absolute atomic E-state index is 12.7. The summed E-state index contributed by atoms with van der Waals surface area (Å²) in [5, 5.41) is 0. The molecule has 0 aromatic heterocycles. The van der Waals surface area contributed by atoms with Gasteiger partial charge in [0.1, 0.15) is 0 Å². The van der Waals surface area contributed by atoms with Gasteiger partial charge in [-0.2, -0.15) is 0 Å². The third kappa shape index (κ3) is 4.96. The summed E-state index contributed by atoms with van der Waals surface area (Å²) in [4.78, 5) is 14.6. The average molecular weight is 293 g/mol. The van der Waals surface area contributed by atoms with Gasteiger partial charge in [-0.05, 0) is 30.0 Å².